The summed E-state index contributed by atoms with van der Waals surface area (Å²) in [4.78, 5) is 2.65. The molecule has 0 radical (unpaired) electrons. The van der Waals surface area contributed by atoms with Gasteiger partial charge in [0.25, 0.3) is 0 Å². The van der Waals surface area contributed by atoms with Gasteiger partial charge in [-0.3, -0.25) is 4.90 Å². The van der Waals surface area contributed by atoms with Crippen molar-refractivity contribution in [3.8, 4) is 0 Å². The van der Waals surface area contributed by atoms with E-state index >= 15 is 0 Å². The van der Waals surface area contributed by atoms with Gasteiger partial charge in [-0.1, -0.05) is 66.7 Å². The highest BCUT2D eigenvalue weighted by Gasteiger charge is 2.35. The smallest absolute Gasteiger partial charge is 0.0331 e. The van der Waals surface area contributed by atoms with E-state index in [1.807, 2.05) is 0 Å². The molecule has 1 N–H and O–H groups in total. The van der Waals surface area contributed by atoms with E-state index in [0.29, 0.717) is 11.6 Å². The molecule has 0 aliphatic carbocycles. The lowest BCUT2D eigenvalue weighted by molar-refractivity contribution is 0.0662. The third-order valence-electron chi connectivity index (χ3n) is 5.00. The van der Waals surface area contributed by atoms with E-state index in [9.17, 15) is 0 Å². The highest BCUT2D eigenvalue weighted by atomic mass is 15.2. The first-order chi connectivity index (χ1) is 9.60. The molecule has 0 saturated heterocycles. The molecule has 20 heavy (non-hydrogen) atoms. The molecular formula is C18H40N2. The van der Waals surface area contributed by atoms with Crippen molar-refractivity contribution in [2.75, 3.05) is 19.6 Å². The van der Waals surface area contributed by atoms with Crippen LogP contribution in [0.3, 0.4) is 0 Å². The molecule has 0 rings (SSSR count). The maximum Gasteiger partial charge on any atom is 0.0331 e. The van der Waals surface area contributed by atoms with Crippen LogP contribution in [-0.2, 0) is 0 Å². The normalized spacial score (nSPS) is 16.4. The Hall–Kier alpha value is -0.0800. The van der Waals surface area contributed by atoms with Crippen LogP contribution in [0.5, 0.6) is 0 Å². The van der Waals surface area contributed by atoms with Gasteiger partial charge >= 0.3 is 0 Å². The summed E-state index contributed by atoms with van der Waals surface area (Å²) in [5, 5.41) is 3.77. The molecule has 0 heterocycles. The summed E-state index contributed by atoms with van der Waals surface area (Å²) in [6.07, 6.45) is 9.45. The van der Waals surface area contributed by atoms with Crippen LogP contribution in [0, 0.1) is 0 Å². The molecule has 2 atom stereocenters. The summed E-state index contributed by atoms with van der Waals surface area (Å²) in [5.41, 5.74) is 0.296. The van der Waals surface area contributed by atoms with Gasteiger partial charge in [0.15, 0.2) is 0 Å². The molecular weight excluding hydrogens is 244 g/mol. The largest absolute Gasteiger partial charge is 0.312 e. The summed E-state index contributed by atoms with van der Waals surface area (Å²) >= 11 is 0. The van der Waals surface area contributed by atoms with Crippen molar-refractivity contribution in [3.63, 3.8) is 0 Å². The van der Waals surface area contributed by atoms with Crippen LogP contribution in [0.2, 0.25) is 0 Å². The van der Waals surface area contributed by atoms with Gasteiger partial charge in [0.05, 0.1) is 0 Å². The van der Waals surface area contributed by atoms with Gasteiger partial charge in [0.2, 0.25) is 0 Å². The highest BCUT2D eigenvalue weighted by molar-refractivity contribution is 4.95. The lowest BCUT2D eigenvalue weighted by atomic mass is 9.83. The Morgan fingerprint density at radius 3 is 1.95 bits per heavy atom. The molecule has 0 aliphatic heterocycles. The zero-order valence-electron chi connectivity index (χ0n) is 15.1. The van der Waals surface area contributed by atoms with Gasteiger partial charge in [-0.05, 0) is 39.4 Å². The average Bonchev–Trinajstić information content (AvgIpc) is 2.46. The molecule has 0 saturated carbocycles. The SMILES string of the molecule is CCCCCCCC(NCC)C(C)(CC)N(CC)CC. The van der Waals surface area contributed by atoms with Crippen LogP contribution in [0.25, 0.3) is 0 Å². The Balaban J connectivity index is 4.57. The van der Waals surface area contributed by atoms with Crippen LogP contribution >= 0.6 is 0 Å². The van der Waals surface area contributed by atoms with E-state index in [-0.39, 0.29) is 0 Å². The molecule has 0 amide bonds. The van der Waals surface area contributed by atoms with Gasteiger partial charge < -0.3 is 5.32 Å². The summed E-state index contributed by atoms with van der Waals surface area (Å²) in [5.74, 6) is 0. The van der Waals surface area contributed by atoms with Gasteiger partial charge in [0, 0.05) is 11.6 Å². The summed E-state index contributed by atoms with van der Waals surface area (Å²) < 4.78 is 0. The van der Waals surface area contributed by atoms with E-state index in [1.165, 1.54) is 44.9 Å². The number of nitrogens with one attached hydrogen (secondary N) is 1. The topological polar surface area (TPSA) is 15.3 Å². The fraction of sp³-hybridized carbons (Fsp3) is 1.00. The van der Waals surface area contributed by atoms with Gasteiger partial charge in [-0.2, -0.15) is 0 Å². The van der Waals surface area contributed by atoms with Crippen molar-refractivity contribution in [1.29, 1.82) is 0 Å². The van der Waals surface area contributed by atoms with Gasteiger partial charge in [-0.25, -0.2) is 0 Å². The third-order valence-corrected chi connectivity index (χ3v) is 5.00. The molecule has 0 aromatic rings. The molecule has 2 heteroatoms. The fourth-order valence-corrected chi connectivity index (χ4v) is 3.47. The number of rotatable bonds is 13. The first-order valence-corrected chi connectivity index (χ1v) is 9.08. The molecule has 0 aliphatic rings. The number of hydrogen-bond donors (Lipinski definition) is 1. The fourth-order valence-electron chi connectivity index (χ4n) is 3.47. The van der Waals surface area contributed by atoms with Gasteiger partial charge in [0.1, 0.15) is 0 Å². The Morgan fingerprint density at radius 1 is 0.900 bits per heavy atom. The molecule has 0 fully saturated rings. The molecule has 0 aromatic heterocycles. The van der Waals surface area contributed by atoms with E-state index in [4.69, 9.17) is 0 Å². The predicted octanol–water partition coefficient (Wildman–Crippen LogP) is 4.84. The van der Waals surface area contributed by atoms with Crippen molar-refractivity contribution in [2.45, 2.75) is 98.1 Å². The number of nitrogens with zero attached hydrogens (tertiary/aromatic N) is 1. The second-order valence-corrected chi connectivity index (χ2v) is 6.20. The Morgan fingerprint density at radius 2 is 1.50 bits per heavy atom. The average molecular weight is 285 g/mol. The van der Waals surface area contributed by atoms with Crippen LogP contribution < -0.4 is 5.32 Å². The Kier molecular flexibility index (Phi) is 11.5. The van der Waals surface area contributed by atoms with Crippen molar-refractivity contribution < 1.29 is 0 Å². The van der Waals surface area contributed by atoms with Crippen molar-refractivity contribution in [1.82, 2.24) is 10.2 Å². The number of likely N-dealkylation sites (N-methyl/N-ethyl adjacent to an activating group) is 2. The Labute approximate surface area is 128 Å². The number of unbranched alkanes of at least 4 members (excludes halogenated alkanes) is 4. The molecule has 0 spiro atoms. The maximum absolute atomic E-state index is 3.77. The van der Waals surface area contributed by atoms with Crippen LogP contribution in [0.15, 0.2) is 0 Å². The van der Waals surface area contributed by atoms with E-state index < -0.39 is 0 Å². The zero-order chi connectivity index (χ0) is 15.4. The lowest BCUT2D eigenvalue weighted by Gasteiger charge is -2.46. The second kappa shape index (κ2) is 11.6. The first-order valence-electron chi connectivity index (χ1n) is 9.08. The maximum atomic E-state index is 3.77. The van der Waals surface area contributed by atoms with Crippen LogP contribution in [0.4, 0.5) is 0 Å². The standard InChI is InChI=1S/C18H40N2/c1-7-12-13-14-15-16-17(19-9-3)18(6,8-2)20(10-4)11-5/h17,19H,7-16H2,1-6H3. The second-order valence-electron chi connectivity index (χ2n) is 6.20. The highest BCUT2D eigenvalue weighted by Crippen LogP contribution is 2.27. The zero-order valence-corrected chi connectivity index (χ0v) is 15.1. The summed E-state index contributed by atoms with van der Waals surface area (Å²) in [7, 11) is 0. The monoisotopic (exact) mass is 284 g/mol. The quantitative estimate of drug-likeness (QED) is 0.487. The van der Waals surface area contributed by atoms with E-state index in [0.717, 1.165) is 19.6 Å². The molecule has 2 unspecified atom stereocenters. The van der Waals surface area contributed by atoms with E-state index in [1.54, 1.807) is 0 Å². The van der Waals surface area contributed by atoms with Gasteiger partial charge in [-0.15, -0.1) is 0 Å². The van der Waals surface area contributed by atoms with Crippen molar-refractivity contribution >= 4 is 0 Å². The number of hydrogen-bond acceptors (Lipinski definition) is 2. The summed E-state index contributed by atoms with van der Waals surface area (Å²) in [6, 6.07) is 0.624. The molecule has 122 valence electrons. The minimum atomic E-state index is 0.296. The van der Waals surface area contributed by atoms with Crippen molar-refractivity contribution in [3.05, 3.63) is 0 Å². The first kappa shape index (κ1) is 19.9. The third kappa shape index (κ3) is 6.13. The minimum Gasteiger partial charge on any atom is -0.312 e. The Bertz CT molecular complexity index is 213. The summed E-state index contributed by atoms with van der Waals surface area (Å²) in [6.45, 7) is 17.3. The predicted molar refractivity (Wildman–Crippen MR) is 92.5 cm³/mol. The minimum absolute atomic E-state index is 0.296. The van der Waals surface area contributed by atoms with Crippen LogP contribution in [-0.4, -0.2) is 36.1 Å². The molecule has 2 nitrogen and oxygen atoms in total. The van der Waals surface area contributed by atoms with E-state index in [2.05, 4.69) is 51.8 Å². The van der Waals surface area contributed by atoms with Crippen LogP contribution in [0.1, 0.15) is 86.5 Å². The molecule has 0 aromatic carbocycles. The lowest BCUT2D eigenvalue weighted by Crippen LogP contribution is -2.59. The molecule has 0 bridgehead atoms. The van der Waals surface area contributed by atoms with Crippen molar-refractivity contribution in [2.24, 2.45) is 0 Å².